The van der Waals surface area contributed by atoms with E-state index in [2.05, 4.69) is 10.6 Å². The van der Waals surface area contributed by atoms with Gasteiger partial charge in [0.25, 0.3) is 0 Å². The van der Waals surface area contributed by atoms with E-state index in [4.69, 9.17) is 0 Å². The first-order valence-corrected chi connectivity index (χ1v) is 7.46. The molecule has 1 aliphatic rings. The van der Waals surface area contributed by atoms with Crippen LogP contribution in [-0.2, 0) is 16.1 Å². The highest BCUT2D eigenvalue weighted by molar-refractivity contribution is 6.01. The van der Waals surface area contributed by atoms with Gasteiger partial charge in [-0.05, 0) is 35.7 Å². The van der Waals surface area contributed by atoms with Gasteiger partial charge in [-0.3, -0.25) is 9.59 Å². The van der Waals surface area contributed by atoms with E-state index in [0.29, 0.717) is 17.8 Å². The topological polar surface area (TPSA) is 58.2 Å². The molecule has 1 heterocycles. The van der Waals surface area contributed by atoms with Crippen LogP contribution in [0.2, 0.25) is 0 Å². The lowest BCUT2D eigenvalue weighted by Gasteiger charge is -2.24. The number of fused-ring (bicyclic) bond motifs is 1. The fourth-order valence-electron chi connectivity index (χ4n) is 2.77. The molecule has 1 aliphatic heterocycles. The van der Waals surface area contributed by atoms with Gasteiger partial charge in [-0.2, -0.15) is 0 Å². The molecule has 0 aromatic heterocycles. The maximum Gasteiger partial charge on any atom is 0.228 e. The van der Waals surface area contributed by atoms with Crippen molar-refractivity contribution in [1.82, 2.24) is 5.32 Å². The largest absolute Gasteiger partial charge is 0.351 e. The fourth-order valence-corrected chi connectivity index (χ4v) is 2.77. The van der Waals surface area contributed by atoms with Crippen molar-refractivity contribution >= 4 is 17.5 Å². The van der Waals surface area contributed by atoms with Crippen LogP contribution in [0.5, 0.6) is 0 Å². The first-order chi connectivity index (χ1) is 11.0. The van der Waals surface area contributed by atoms with Crippen LogP contribution < -0.4 is 10.6 Å². The molecule has 2 aromatic rings. The molecule has 0 saturated heterocycles. The first kappa shape index (κ1) is 15.2. The number of aryl methyl sites for hydroxylation is 1. The van der Waals surface area contributed by atoms with Crippen molar-refractivity contribution in [2.24, 2.45) is 0 Å². The molecular formula is C18H17FN2O2. The number of hydrogen-bond donors (Lipinski definition) is 2. The zero-order chi connectivity index (χ0) is 16.4. The van der Waals surface area contributed by atoms with Crippen LogP contribution in [0.4, 0.5) is 10.1 Å². The number of carbonyl (C=O) groups excluding carboxylic acids is 2. The van der Waals surface area contributed by atoms with Crippen LogP contribution in [0.3, 0.4) is 0 Å². The minimum Gasteiger partial charge on any atom is -0.351 e. The van der Waals surface area contributed by atoms with Crippen LogP contribution in [-0.4, -0.2) is 11.8 Å². The van der Waals surface area contributed by atoms with Crippen molar-refractivity contribution in [1.29, 1.82) is 0 Å². The molecule has 1 atom stereocenters. The zero-order valence-corrected chi connectivity index (χ0v) is 12.7. The standard InChI is InChI=1S/C18H17FN2O2/c1-11-8-12(6-7-15(11)19)10-20-18(23)14-9-17(22)21-16-5-3-2-4-13(14)16/h2-8,14H,9-10H2,1H3,(H,20,23)(H,21,22). The molecular weight excluding hydrogens is 295 g/mol. The smallest absolute Gasteiger partial charge is 0.228 e. The SMILES string of the molecule is Cc1cc(CNC(=O)C2CC(=O)Nc3ccccc32)ccc1F. The van der Waals surface area contributed by atoms with Crippen LogP contribution in [0, 0.1) is 12.7 Å². The third-order valence-corrected chi connectivity index (χ3v) is 4.01. The van der Waals surface area contributed by atoms with E-state index in [9.17, 15) is 14.0 Å². The summed E-state index contributed by atoms with van der Waals surface area (Å²) in [4.78, 5) is 24.2. The van der Waals surface area contributed by atoms with E-state index in [1.54, 1.807) is 25.1 Å². The maximum absolute atomic E-state index is 13.3. The molecule has 2 amide bonds. The quantitative estimate of drug-likeness (QED) is 0.915. The minimum atomic E-state index is -0.499. The Kier molecular flexibility index (Phi) is 4.10. The van der Waals surface area contributed by atoms with Gasteiger partial charge in [0.2, 0.25) is 11.8 Å². The summed E-state index contributed by atoms with van der Waals surface area (Å²) in [5.74, 6) is -1.13. The fraction of sp³-hybridized carbons (Fsp3) is 0.222. The third-order valence-electron chi connectivity index (χ3n) is 4.01. The Morgan fingerprint density at radius 2 is 2.09 bits per heavy atom. The molecule has 2 aromatic carbocycles. The second-order valence-corrected chi connectivity index (χ2v) is 5.69. The average molecular weight is 312 g/mol. The summed E-state index contributed by atoms with van der Waals surface area (Å²) in [7, 11) is 0. The summed E-state index contributed by atoms with van der Waals surface area (Å²) < 4.78 is 13.3. The van der Waals surface area contributed by atoms with Gasteiger partial charge in [-0.15, -0.1) is 0 Å². The van der Waals surface area contributed by atoms with Crippen molar-refractivity contribution < 1.29 is 14.0 Å². The van der Waals surface area contributed by atoms with E-state index in [-0.39, 0.29) is 24.1 Å². The molecule has 5 heteroatoms. The second kappa shape index (κ2) is 6.20. The lowest BCUT2D eigenvalue weighted by atomic mass is 9.90. The molecule has 23 heavy (non-hydrogen) atoms. The normalized spacial score (nSPS) is 16.4. The zero-order valence-electron chi connectivity index (χ0n) is 12.7. The Labute approximate surface area is 133 Å². The van der Waals surface area contributed by atoms with Gasteiger partial charge in [-0.25, -0.2) is 4.39 Å². The van der Waals surface area contributed by atoms with Gasteiger partial charge in [0.05, 0.1) is 5.92 Å². The molecule has 0 saturated carbocycles. The van der Waals surface area contributed by atoms with E-state index in [1.807, 2.05) is 18.2 Å². The molecule has 0 spiro atoms. The van der Waals surface area contributed by atoms with E-state index in [0.717, 1.165) is 11.1 Å². The van der Waals surface area contributed by atoms with E-state index in [1.165, 1.54) is 6.07 Å². The summed E-state index contributed by atoms with van der Waals surface area (Å²) in [5.41, 5.74) is 2.87. The number of benzene rings is 2. The number of anilines is 1. The monoisotopic (exact) mass is 312 g/mol. The molecule has 0 aliphatic carbocycles. The van der Waals surface area contributed by atoms with Gasteiger partial charge in [0, 0.05) is 18.7 Å². The van der Waals surface area contributed by atoms with Gasteiger partial charge in [0.15, 0.2) is 0 Å². The third kappa shape index (κ3) is 3.23. The molecule has 1 unspecified atom stereocenters. The highest BCUT2D eigenvalue weighted by Gasteiger charge is 2.30. The highest BCUT2D eigenvalue weighted by atomic mass is 19.1. The Hall–Kier alpha value is -2.69. The van der Waals surface area contributed by atoms with E-state index < -0.39 is 5.92 Å². The summed E-state index contributed by atoms with van der Waals surface area (Å²) in [6, 6.07) is 12.0. The number of hydrogen-bond acceptors (Lipinski definition) is 2. The average Bonchev–Trinajstić information content (AvgIpc) is 2.54. The number of carbonyl (C=O) groups is 2. The van der Waals surface area contributed by atoms with Crippen LogP contribution in [0.25, 0.3) is 0 Å². The molecule has 3 rings (SSSR count). The van der Waals surface area contributed by atoms with Gasteiger partial charge < -0.3 is 10.6 Å². The number of nitrogens with one attached hydrogen (secondary N) is 2. The second-order valence-electron chi connectivity index (χ2n) is 5.69. The maximum atomic E-state index is 13.3. The Bertz CT molecular complexity index is 773. The Morgan fingerprint density at radius 3 is 2.87 bits per heavy atom. The van der Waals surface area contributed by atoms with Crippen LogP contribution in [0.15, 0.2) is 42.5 Å². The summed E-state index contributed by atoms with van der Waals surface area (Å²) >= 11 is 0. The Morgan fingerprint density at radius 1 is 1.30 bits per heavy atom. The minimum absolute atomic E-state index is 0.130. The molecule has 4 nitrogen and oxygen atoms in total. The number of halogens is 1. The van der Waals surface area contributed by atoms with Gasteiger partial charge in [0.1, 0.15) is 5.82 Å². The van der Waals surface area contributed by atoms with Gasteiger partial charge >= 0.3 is 0 Å². The summed E-state index contributed by atoms with van der Waals surface area (Å²) in [6.45, 7) is 1.99. The highest BCUT2D eigenvalue weighted by Crippen LogP contribution is 2.32. The van der Waals surface area contributed by atoms with Crippen molar-refractivity contribution in [3.63, 3.8) is 0 Å². The number of rotatable bonds is 3. The molecule has 0 fully saturated rings. The number of para-hydroxylation sites is 1. The predicted molar refractivity (Wildman–Crippen MR) is 85.4 cm³/mol. The summed E-state index contributed by atoms with van der Waals surface area (Å²) in [6.07, 6.45) is 0.130. The predicted octanol–water partition coefficient (Wildman–Crippen LogP) is 2.88. The molecule has 118 valence electrons. The molecule has 0 bridgehead atoms. The lowest BCUT2D eigenvalue weighted by molar-refractivity contribution is -0.126. The lowest BCUT2D eigenvalue weighted by Crippen LogP contribution is -2.34. The van der Waals surface area contributed by atoms with Crippen molar-refractivity contribution in [3.05, 3.63) is 65.0 Å². The molecule has 2 N–H and O–H groups in total. The number of amides is 2. The van der Waals surface area contributed by atoms with Gasteiger partial charge in [-0.1, -0.05) is 30.3 Å². The summed E-state index contributed by atoms with van der Waals surface area (Å²) in [5, 5.41) is 5.61. The first-order valence-electron chi connectivity index (χ1n) is 7.46. The van der Waals surface area contributed by atoms with E-state index >= 15 is 0 Å². The van der Waals surface area contributed by atoms with Crippen LogP contribution >= 0.6 is 0 Å². The molecule has 0 radical (unpaired) electrons. The van der Waals surface area contributed by atoms with Crippen molar-refractivity contribution in [2.75, 3.05) is 5.32 Å². The Balaban J connectivity index is 1.73. The van der Waals surface area contributed by atoms with Crippen molar-refractivity contribution in [3.8, 4) is 0 Å². The van der Waals surface area contributed by atoms with Crippen molar-refractivity contribution in [2.45, 2.75) is 25.8 Å². The van der Waals surface area contributed by atoms with Crippen LogP contribution in [0.1, 0.15) is 29.0 Å².